The van der Waals surface area contributed by atoms with Gasteiger partial charge in [0.05, 0.1) is 30.2 Å². The second-order valence-corrected chi connectivity index (χ2v) is 10.3. The van der Waals surface area contributed by atoms with Gasteiger partial charge in [0.2, 0.25) is 10.0 Å². The number of aromatic nitrogens is 1. The summed E-state index contributed by atoms with van der Waals surface area (Å²) in [5, 5.41) is 3.59. The number of rotatable bonds is 13. The number of hydrogen-bond acceptors (Lipinski definition) is 6. The van der Waals surface area contributed by atoms with E-state index >= 15 is 0 Å². The lowest BCUT2D eigenvalue weighted by molar-refractivity contribution is 0.131. The highest BCUT2D eigenvalue weighted by Crippen LogP contribution is 2.33. The van der Waals surface area contributed by atoms with Crippen LogP contribution in [0.1, 0.15) is 11.3 Å². The van der Waals surface area contributed by atoms with E-state index in [2.05, 4.69) is 33.3 Å². The van der Waals surface area contributed by atoms with Gasteiger partial charge in [0.15, 0.2) is 5.84 Å². The Kier molecular flexibility index (Phi) is 10.2. The molecule has 0 atom stereocenters. The molecule has 2 N–H and O–H groups in total. The van der Waals surface area contributed by atoms with Gasteiger partial charge in [0.1, 0.15) is 23.0 Å². The smallest absolute Gasteiger partial charge is 0.208 e. The maximum absolute atomic E-state index is 13.5. The Labute approximate surface area is 226 Å². The van der Waals surface area contributed by atoms with Crippen molar-refractivity contribution in [3.8, 4) is 11.5 Å². The van der Waals surface area contributed by atoms with Crippen LogP contribution in [0, 0.1) is 0 Å². The van der Waals surface area contributed by atoms with Crippen molar-refractivity contribution in [1.29, 1.82) is 0 Å². The van der Waals surface area contributed by atoms with Gasteiger partial charge in [-0.05, 0) is 43.1 Å². The van der Waals surface area contributed by atoms with Crippen molar-refractivity contribution in [3.63, 3.8) is 0 Å². The molecule has 38 heavy (non-hydrogen) atoms. The molecule has 1 aromatic heterocycles. The maximum Gasteiger partial charge on any atom is 0.208 e. The Balaban J connectivity index is 1.69. The first-order chi connectivity index (χ1) is 18.1. The van der Waals surface area contributed by atoms with Crippen LogP contribution >= 0.6 is 11.6 Å². The summed E-state index contributed by atoms with van der Waals surface area (Å²) in [5.41, 5.74) is 2.29. The number of sulfonamides is 1. The lowest BCUT2D eigenvalue weighted by Crippen LogP contribution is -2.26. The van der Waals surface area contributed by atoms with Crippen molar-refractivity contribution in [2.45, 2.75) is 6.54 Å². The molecular weight excluding hydrogens is 533 g/mol. The minimum atomic E-state index is -3.25. The van der Waals surface area contributed by atoms with E-state index in [1.54, 1.807) is 43.4 Å². The van der Waals surface area contributed by atoms with Gasteiger partial charge in [-0.1, -0.05) is 30.3 Å². The largest absolute Gasteiger partial charge is 0.456 e. The van der Waals surface area contributed by atoms with Crippen LogP contribution in [0.15, 0.2) is 71.3 Å². The molecule has 1 heterocycles. The lowest BCUT2D eigenvalue weighted by Gasteiger charge is -2.15. The highest BCUT2D eigenvalue weighted by atomic mass is 35.5. The molecular formula is C26H29ClFN5O4S. The van der Waals surface area contributed by atoms with Crippen molar-refractivity contribution < 1.29 is 22.3 Å². The molecule has 0 aliphatic carbocycles. The van der Waals surface area contributed by atoms with Crippen LogP contribution in [0.25, 0.3) is 5.83 Å². The average Bonchev–Trinajstić information content (AvgIpc) is 3.28. The zero-order chi connectivity index (χ0) is 27.7. The second-order valence-electron chi connectivity index (χ2n) is 8.06. The molecule has 0 aliphatic heterocycles. The van der Waals surface area contributed by atoms with Crippen molar-refractivity contribution >= 4 is 51.4 Å². The summed E-state index contributed by atoms with van der Waals surface area (Å²) in [6.07, 6.45) is 2.94. The molecule has 0 spiro atoms. The lowest BCUT2D eigenvalue weighted by atomic mass is 10.2. The number of anilines is 1. The maximum atomic E-state index is 13.5. The van der Waals surface area contributed by atoms with E-state index < -0.39 is 15.9 Å². The molecule has 9 nitrogen and oxygen atoms in total. The molecule has 0 bridgehead atoms. The topological polar surface area (TPSA) is 106 Å². The van der Waals surface area contributed by atoms with Crippen LogP contribution in [0.5, 0.6) is 11.5 Å². The zero-order valence-electron chi connectivity index (χ0n) is 21.1. The van der Waals surface area contributed by atoms with Gasteiger partial charge < -0.3 is 19.4 Å². The molecule has 0 saturated carbocycles. The fourth-order valence-electron chi connectivity index (χ4n) is 3.47. The molecule has 0 unspecified atom stereocenters. The van der Waals surface area contributed by atoms with Gasteiger partial charge in [-0.25, -0.2) is 17.5 Å². The molecule has 2 aromatic carbocycles. The number of benzene rings is 2. The summed E-state index contributed by atoms with van der Waals surface area (Å²) < 4.78 is 51.4. The van der Waals surface area contributed by atoms with Crippen molar-refractivity contribution in [3.05, 3.63) is 77.6 Å². The quantitative estimate of drug-likeness (QED) is 0.168. The summed E-state index contributed by atoms with van der Waals surface area (Å²) in [6.45, 7) is 8.20. The normalized spacial score (nSPS) is 11.8. The molecule has 3 aromatic rings. The monoisotopic (exact) mass is 561 g/mol. The van der Waals surface area contributed by atoms with Crippen LogP contribution in [-0.2, 0) is 21.3 Å². The third kappa shape index (κ3) is 8.25. The van der Waals surface area contributed by atoms with Gasteiger partial charge in [0, 0.05) is 37.6 Å². The standard InChI is InChI=1S/C26H29ClFN5O4S/c1-18(28)19-6-5-7-21(16-19)37-24-9-8-20(17-22(24)27)32-26(30-3)25-23(29-2)10-12-33(25)13-15-36-14-11-31-38(4,34)35/h5-10,12,16-17,31H,1-2,11,13-15H2,3-4H3,(H,30,32). The number of halogens is 2. The number of amidine groups is 1. The van der Waals surface area contributed by atoms with Crippen LogP contribution in [-0.4, -0.2) is 58.6 Å². The summed E-state index contributed by atoms with van der Waals surface area (Å²) in [4.78, 5) is 8.48. The molecule has 0 amide bonds. The van der Waals surface area contributed by atoms with Gasteiger partial charge in [-0.2, -0.15) is 0 Å². The van der Waals surface area contributed by atoms with Crippen LogP contribution in [0.3, 0.4) is 0 Å². The number of aliphatic imine (C=N–C) groups is 2. The Morgan fingerprint density at radius 1 is 1.18 bits per heavy atom. The highest BCUT2D eigenvalue weighted by molar-refractivity contribution is 7.88. The zero-order valence-corrected chi connectivity index (χ0v) is 22.7. The van der Waals surface area contributed by atoms with Crippen molar-refractivity contribution in [2.24, 2.45) is 9.98 Å². The van der Waals surface area contributed by atoms with Gasteiger partial charge in [-0.15, -0.1) is 0 Å². The van der Waals surface area contributed by atoms with E-state index in [1.165, 1.54) is 6.07 Å². The Bertz CT molecular complexity index is 1440. The fourth-order valence-corrected chi connectivity index (χ4v) is 4.14. The number of hydrogen-bond donors (Lipinski definition) is 2. The molecule has 3 rings (SSSR count). The predicted molar refractivity (Wildman–Crippen MR) is 152 cm³/mol. The van der Waals surface area contributed by atoms with E-state index in [9.17, 15) is 12.8 Å². The third-order valence-electron chi connectivity index (χ3n) is 5.22. The predicted octanol–water partition coefficient (Wildman–Crippen LogP) is 5.26. The molecule has 0 fully saturated rings. The number of ether oxygens (including phenoxy) is 2. The molecule has 202 valence electrons. The van der Waals surface area contributed by atoms with Gasteiger partial charge in [0.25, 0.3) is 0 Å². The molecule has 0 saturated heterocycles. The summed E-state index contributed by atoms with van der Waals surface area (Å²) in [6, 6.07) is 13.5. The summed E-state index contributed by atoms with van der Waals surface area (Å²) in [7, 11) is -1.61. The number of nitrogens with zero attached hydrogens (tertiary/aromatic N) is 3. The highest BCUT2D eigenvalue weighted by Gasteiger charge is 2.16. The second kappa shape index (κ2) is 13.3. The first kappa shape index (κ1) is 29.1. The van der Waals surface area contributed by atoms with Crippen LogP contribution in [0.2, 0.25) is 5.02 Å². The van der Waals surface area contributed by atoms with E-state index in [4.69, 9.17) is 21.1 Å². The summed E-state index contributed by atoms with van der Waals surface area (Å²) >= 11 is 6.47. The fraction of sp³-hybridized carbons (Fsp3) is 0.231. The van der Waals surface area contributed by atoms with Gasteiger partial charge in [-0.3, -0.25) is 9.98 Å². The Hall–Kier alpha value is -3.51. The third-order valence-corrected chi connectivity index (χ3v) is 6.24. The van der Waals surface area contributed by atoms with Crippen LogP contribution < -0.4 is 14.8 Å². The molecule has 12 heteroatoms. The first-order valence-corrected chi connectivity index (χ1v) is 13.7. The minimum Gasteiger partial charge on any atom is -0.456 e. The molecule has 0 aliphatic rings. The Morgan fingerprint density at radius 3 is 2.63 bits per heavy atom. The first-order valence-electron chi connectivity index (χ1n) is 11.5. The summed E-state index contributed by atoms with van der Waals surface area (Å²) in [5.74, 6) is 0.790. The van der Waals surface area contributed by atoms with E-state index in [0.717, 1.165) is 6.26 Å². The van der Waals surface area contributed by atoms with Crippen molar-refractivity contribution in [2.75, 3.05) is 38.4 Å². The SMILES string of the molecule is C=Nc1ccn(CCOCCNS(C)(=O)=O)c1C(=NC)Nc1ccc(Oc2cccc(C(=C)F)c2)c(Cl)c1. The van der Waals surface area contributed by atoms with E-state index in [-0.39, 0.29) is 13.2 Å². The molecule has 0 radical (unpaired) electrons. The van der Waals surface area contributed by atoms with Gasteiger partial charge >= 0.3 is 0 Å². The van der Waals surface area contributed by atoms with Crippen molar-refractivity contribution in [1.82, 2.24) is 9.29 Å². The van der Waals surface area contributed by atoms with E-state index in [0.29, 0.717) is 58.1 Å². The Morgan fingerprint density at radius 2 is 1.97 bits per heavy atom. The average molecular weight is 562 g/mol. The van der Waals surface area contributed by atoms with Crippen LogP contribution in [0.4, 0.5) is 15.8 Å². The minimum absolute atomic E-state index is 0.192. The number of nitrogens with one attached hydrogen (secondary N) is 2. The van der Waals surface area contributed by atoms with E-state index in [1.807, 2.05) is 16.8 Å².